The topological polar surface area (TPSA) is 77.2 Å². The predicted molar refractivity (Wildman–Crippen MR) is 103 cm³/mol. The number of nitrogens with one attached hydrogen (secondary N) is 1. The molecular weight excluding hydrogens is 389 g/mol. The molecule has 1 aromatic carbocycles. The molecule has 8 heteroatoms. The standard InChI is InChI=1S/C19H19Cl2N3O3/c1-4-8-26-19(25)15-11(3)23-10(2)14(18-24-22-9-27-18)16(15)12-6-5-7-13(20)17(12)21/h5-7,9,16,23H,4,8H2,1-3H3. The second kappa shape index (κ2) is 8.15. The highest BCUT2D eigenvalue weighted by atomic mass is 35.5. The first-order valence-corrected chi connectivity index (χ1v) is 9.27. The number of nitrogens with zero attached hydrogens (tertiary/aromatic N) is 2. The summed E-state index contributed by atoms with van der Waals surface area (Å²) in [6.45, 7) is 5.96. The maximum absolute atomic E-state index is 12.9. The summed E-state index contributed by atoms with van der Waals surface area (Å²) < 4.78 is 10.9. The van der Waals surface area contributed by atoms with Crippen LogP contribution < -0.4 is 5.32 Å². The predicted octanol–water partition coefficient (Wildman–Crippen LogP) is 4.72. The first-order valence-electron chi connectivity index (χ1n) is 8.51. The minimum absolute atomic E-state index is 0.300. The highest BCUT2D eigenvalue weighted by molar-refractivity contribution is 6.42. The molecule has 3 rings (SSSR count). The fourth-order valence-electron chi connectivity index (χ4n) is 3.17. The van der Waals surface area contributed by atoms with Gasteiger partial charge in [0.1, 0.15) is 0 Å². The summed E-state index contributed by atoms with van der Waals surface area (Å²) in [6, 6.07) is 5.31. The van der Waals surface area contributed by atoms with Gasteiger partial charge in [0.05, 0.1) is 28.1 Å². The molecule has 142 valence electrons. The first kappa shape index (κ1) is 19.5. The zero-order chi connectivity index (χ0) is 19.6. The van der Waals surface area contributed by atoms with Gasteiger partial charge in [-0.05, 0) is 31.9 Å². The molecule has 1 aliphatic rings. The molecule has 2 aromatic rings. The molecule has 0 radical (unpaired) electrons. The van der Waals surface area contributed by atoms with Gasteiger partial charge < -0.3 is 14.5 Å². The molecule has 0 amide bonds. The molecule has 2 heterocycles. The zero-order valence-electron chi connectivity index (χ0n) is 15.2. The third kappa shape index (κ3) is 3.73. The number of carbonyl (C=O) groups excluding carboxylic acids is 1. The molecular formula is C19H19Cl2N3O3. The van der Waals surface area contributed by atoms with Crippen LogP contribution in [0.2, 0.25) is 10.0 Å². The van der Waals surface area contributed by atoms with Crippen LogP contribution in [0, 0.1) is 0 Å². The maximum atomic E-state index is 12.9. The van der Waals surface area contributed by atoms with Crippen LogP contribution in [0.4, 0.5) is 0 Å². The Morgan fingerprint density at radius 2 is 2.07 bits per heavy atom. The molecule has 0 fully saturated rings. The third-order valence-electron chi connectivity index (χ3n) is 4.30. The molecule has 0 saturated heterocycles. The van der Waals surface area contributed by atoms with Gasteiger partial charge in [-0.1, -0.05) is 42.3 Å². The molecule has 1 aliphatic heterocycles. The van der Waals surface area contributed by atoms with Gasteiger partial charge in [-0.25, -0.2) is 4.79 Å². The zero-order valence-corrected chi connectivity index (χ0v) is 16.7. The average molecular weight is 408 g/mol. The number of dihydropyridines is 1. The number of hydrogen-bond donors (Lipinski definition) is 1. The summed E-state index contributed by atoms with van der Waals surface area (Å²) in [4.78, 5) is 12.9. The second-order valence-electron chi connectivity index (χ2n) is 6.16. The molecule has 0 saturated carbocycles. The Bertz CT molecular complexity index is 920. The van der Waals surface area contributed by atoms with E-state index < -0.39 is 11.9 Å². The van der Waals surface area contributed by atoms with E-state index in [0.29, 0.717) is 44.9 Å². The van der Waals surface area contributed by atoms with Crippen molar-refractivity contribution in [1.29, 1.82) is 0 Å². The van der Waals surface area contributed by atoms with Gasteiger partial charge in [0.2, 0.25) is 12.3 Å². The van der Waals surface area contributed by atoms with Gasteiger partial charge in [-0.15, -0.1) is 10.2 Å². The van der Waals surface area contributed by atoms with Crippen molar-refractivity contribution in [3.8, 4) is 0 Å². The van der Waals surface area contributed by atoms with Gasteiger partial charge in [-0.3, -0.25) is 0 Å². The highest BCUT2D eigenvalue weighted by Crippen LogP contribution is 2.46. The van der Waals surface area contributed by atoms with Crippen molar-refractivity contribution < 1.29 is 13.9 Å². The van der Waals surface area contributed by atoms with Gasteiger partial charge in [-0.2, -0.15) is 0 Å². The Kier molecular flexibility index (Phi) is 5.87. The van der Waals surface area contributed by atoms with E-state index in [1.54, 1.807) is 12.1 Å². The lowest BCUT2D eigenvalue weighted by atomic mass is 9.80. The number of ether oxygens (including phenoxy) is 1. The summed E-state index contributed by atoms with van der Waals surface area (Å²) >= 11 is 12.7. The minimum atomic E-state index is -0.553. The lowest BCUT2D eigenvalue weighted by Gasteiger charge is -2.30. The van der Waals surface area contributed by atoms with E-state index in [0.717, 1.165) is 12.1 Å². The Morgan fingerprint density at radius 1 is 1.30 bits per heavy atom. The first-order chi connectivity index (χ1) is 13.0. The monoisotopic (exact) mass is 407 g/mol. The van der Waals surface area contributed by atoms with Crippen LogP contribution in [-0.4, -0.2) is 22.8 Å². The molecule has 1 aromatic heterocycles. The van der Waals surface area contributed by atoms with Crippen LogP contribution in [0.1, 0.15) is 44.6 Å². The Labute approximate surface area is 167 Å². The van der Waals surface area contributed by atoms with Crippen molar-refractivity contribution in [2.75, 3.05) is 6.61 Å². The van der Waals surface area contributed by atoms with Crippen LogP contribution in [0.25, 0.3) is 5.57 Å². The van der Waals surface area contributed by atoms with E-state index in [2.05, 4.69) is 15.5 Å². The quantitative estimate of drug-likeness (QED) is 0.722. The number of hydrogen-bond acceptors (Lipinski definition) is 6. The van der Waals surface area contributed by atoms with E-state index in [4.69, 9.17) is 32.4 Å². The second-order valence-corrected chi connectivity index (χ2v) is 6.94. The molecule has 1 N–H and O–H groups in total. The Hall–Kier alpha value is -2.31. The fourth-order valence-corrected chi connectivity index (χ4v) is 3.58. The number of benzene rings is 1. The molecule has 6 nitrogen and oxygen atoms in total. The number of carbonyl (C=O) groups is 1. The van der Waals surface area contributed by atoms with Crippen molar-refractivity contribution in [2.45, 2.75) is 33.1 Å². The number of aromatic nitrogens is 2. The minimum Gasteiger partial charge on any atom is -0.462 e. The number of rotatable bonds is 5. The highest BCUT2D eigenvalue weighted by Gasteiger charge is 2.38. The summed E-state index contributed by atoms with van der Waals surface area (Å²) in [5.74, 6) is -0.677. The maximum Gasteiger partial charge on any atom is 0.336 e. The fraction of sp³-hybridized carbons (Fsp3) is 0.316. The van der Waals surface area contributed by atoms with Gasteiger partial charge in [0, 0.05) is 17.0 Å². The van der Waals surface area contributed by atoms with Gasteiger partial charge >= 0.3 is 5.97 Å². The van der Waals surface area contributed by atoms with Crippen LogP contribution >= 0.6 is 23.2 Å². The van der Waals surface area contributed by atoms with E-state index in [9.17, 15) is 4.79 Å². The smallest absolute Gasteiger partial charge is 0.336 e. The SMILES string of the molecule is CCCOC(=O)C1=C(C)NC(C)=C(c2nnco2)C1c1cccc(Cl)c1Cl. The Balaban J connectivity index is 2.21. The van der Waals surface area contributed by atoms with Crippen molar-refractivity contribution in [2.24, 2.45) is 0 Å². The number of halogens is 2. The average Bonchev–Trinajstić information content (AvgIpc) is 3.15. The molecule has 1 unspecified atom stereocenters. The van der Waals surface area contributed by atoms with E-state index in [1.807, 2.05) is 26.8 Å². The largest absolute Gasteiger partial charge is 0.462 e. The van der Waals surface area contributed by atoms with Crippen molar-refractivity contribution in [1.82, 2.24) is 15.5 Å². The number of allylic oxidation sites excluding steroid dienone is 3. The van der Waals surface area contributed by atoms with Crippen LogP contribution in [0.5, 0.6) is 0 Å². The van der Waals surface area contributed by atoms with Crippen LogP contribution in [0.3, 0.4) is 0 Å². The summed E-state index contributed by atoms with van der Waals surface area (Å²) in [6.07, 6.45) is 1.96. The molecule has 27 heavy (non-hydrogen) atoms. The van der Waals surface area contributed by atoms with Crippen molar-refractivity contribution in [3.05, 3.63) is 63.1 Å². The number of esters is 1. The van der Waals surface area contributed by atoms with Crippen LogP contribution in [0.15, 0.2) is 46.0 Å². The van der Waals surface area contributed by atoms with Gasteiger partial charge in [0.15, 0.2) is 0 Å². The normalized spacial score (nSPS) is 17.1. The molecule has 1 atom stereocenters. The summed E-state index contributed by atoms with van der Waals surface area (Å²) in [5, 5.41) is 11.8. The Morgan fingerprint density at radius 3 is 2.74 bits per heavy atom. The van der Waals surface area contributed by atoms with Crippen molar-refractivity contribution in [3.63, 3.8) is 0 Å². The van der Waals surface area contributed by atoms with E-state index in [-0.39, 0.29) is 0 Å². The van der Waals surface area contributed by atoms with E-state index in [1.165, 1.54) is 6.39 Å². The van der Waals surface area contributed by atoms with Crippen LogP contribution in [-0.2, 0) is 9.53 Å². The lowest BCUT2D eigenvalue weighted by Crippen LogP contribution is -2.29. The molecule has 0 aliphatic carbocycles. The molecule has 0 bridgehead atoms. The lowest BCUT2D eigenvalue weighted by molar-refractivity contribution is -0.139. The summed E-state index contributed by atoms with van der Waals surface area (Å²) in [7, 11) is 0. The summed E-state index contributed by atoms with van der Waals surface area (Å²) in [5.41, 5.74) is 3.22. The third-order valence-corrected chi connectivity index (χ3v) is 5.13. The van der Waals surface area contributed by atoms with E-state index >= 15 is 0 Å². The van der Waals surface area contributed by atoms with Gasteiger partial charge in [0.25, 0.3) is 0 Å². The molecule has 0 spiro atoms. The van der Waals surface area contributed by atoms with Crippen molar-refractivity contribution >= 4 is 34.7 Å².